The van der Waals surface area contributed by atoms with Gasteiger partial charge in [-0.15, -0.1) is 0 Å². The van der Waals surface area contributed by atoms with E-state index in [-0.39, 0.29) is 5.78 Å². The number of pyridine rings is 1. The van der Waals surface area contributed by atoms with E-state index < -0.39 is 0 Å². The molecule has 0 aliphatic rings. The van der Waals surface area contributed by atoms with Crippen LogP contribution >= 0.6 is 0 Å². The van der Waals surface area contributed by atoms with Crippen molar-refractivity contribution in [3.05, 3.63) is 42.4 Å². The maximum Gasteiger partial charge on any atom is 0.194 e. The van der Waals surface area contributed by atoms with Crippen LogP contribution in [0.3, 0.4) is 0 Å². The molecule has 3 heteroatoms. The molecule has 0 saturated heterocycles. The second-order valence-electron chi connectivity index (χ2n) is 2.96. The van der Waals surface area contributed by atoms with Gasteiger partial charge in [0.1, 0.15) is 5.76 Å². The van der Waals surface area contributed by atoms with E-state index in [0.29, 0.717) is 11.5 Å². The first-order valence-corrected chi connectivity index (χ1v) is 4.28. The summed E-state index contributed by atoms with van der Waals surface area (Å²) in [6, 6.07) is 7.13. The molecule has 0 aliphatic carbocycles. The van der Waals surface area contributed by atoms with Crippen LogP contribution in [0, 0.1) is 0 Å². The Labute approximate surface area is 81.4 Å². The van der Waals surface area contributed by atoms with E-state index in [9.17, 15) is 4.79 Å². The van der Waals surface area contributed by atoms with Crippen LogP contribution in [0.2, 0.25) is 0 Å². The summed E-state index contributed by atoms with van der Waals surface area (Å²) in [5.74, 6) is 1.01. The zero-order valence-corrected chi connectivity index (χ0v) is 7.73. The van der Waals surface area contributed by atoms with Crippen LogP contribution in [-0.4, -0.2) is 10.8 Å². The molecule has 0 saturated carbocycles. The van der Waals surface area contributed by atoms with Gasteiger partial charge in [0.15, 0.2) is 11.5 Å². The molecule has 14 heavy (non-hydrogen) atoms. The second-order valence-corrected chi connectivity index (χ2v) is 2.96. The van der Waals surface area contributed by atoms with Crippen molar-refractivity contribution in [1.29, 1.82) is 0 Å². The predicted molar refractivity (Wildman–Crippen MR) is 51.9 cm³/mol. The molecule has 2 aromatic heterocycles. The van der Waals surface area contributed by atoms with Gasteiger partial charge in [0.25, 0.3) is 0 Å². The van der Waals surface area contributed by atoms with Crippen molar-refractivity contribution >= 4 is 5.78 Å². The van der Waals surface area contributed by atoms with Crippen LogP contribution < -0.4 is 0 Å². The average Bonchev–Trinajstić information content (AvgIpc) is 2.68. The quantitative estimate of drug-likeness (QED) is 0.678. The average molecular weight is 187 g/mol. The number of Topliss-reactive ketones (excluding diaryl/α,β-unsaturated/α-hetero) is 1. The van der Waals surface area contributed by atoms with Crippen molar-refractivity contribution in [3.63, 3.8) is 0 Å². The Kier molecular flexibility index (Phi) is 2.14. The summed E-state index contributed by atoms with van der Waals surface area (Å²) in [4.78, 5) is 14.9. The standard InChI is InChI=1S/C11H9NO2/c1-8(13)10-2-3-11(14-10)9-4-6-12-7-5-9/h2-7H,1H3. The summed E-state index contributed by atoms with van der Waals surface area (Å²) < 4.78 is 5.35. The SMILES string of the molecule is CC(=O)c1ccc(-c2ccncc2)o1. The van der Waals surface area contributed by atoms with Crippen molar-refractivity contribution in [3.8, 4) is 11.3 Å². The first-order chi connectivity index (χ1) is 6.77. The third kappa shape index (κ3) is 1.57. The highest BCUT2D eigenvalue weighted by Gasteiger charge is 2.06. The van der Waals surface area contributed by atoms with Gasteiger partial charge in [0.2, 0.25) is 0 Å². The number of hydrogen-bond acceptors (Lipinski definition) is 3. The number of aromatic nitrogens is 1. The molecule has 3 nitrogen and oxygen atoms in total. The van der Waals surface area contributed by atoms with Gasteiger partial charge in [0, 0.05) is 24.9 Å². The summed E-state index contributed by atoms with van der Waals surface area (Å²) in [6.07, 6.45) is 3.37. The highest BCUT2D eigenvalue weighted by molar-refractivity contribution is 5.91. The number of carbonyl (C=O) groups excluding carboxylic acids is 1. The highest BCUT2D eigenvalue weighted by Crippen LogP contribution is 2.21. The molecule has 0 bridgehead atoms. The molecule has 2 rings (SSSR count). The zero-order valence-electron chi connectivity index (χ0n) is 7.73. The maximum atomic E-state index is 11.0. The first kappa shape index (κ1) is 8.69. The Balaban J connectivity index is 2.39. The third-order valence-electron chi connectivity index (χ3n) is 1.92. The fourth-order valence-corrected chi connectivity index (χ4v) is 1.20. The largest absolute Gasteiger partial charge is 0.453 e. The Bertz CT molecular complexity index is 445. The zero-order chi connectivity index (χ0) is 9.97. The second kappa shape index (κ2) is 3.46. The van der Waals surface area contributed by atoms with Gasteiger partial charge in [-0.05, 0) is 24.3 Å². The Morgan fingerprint density at radius 3 is 2.50 bits per heavy atom. The molecule has 0 aliphatic heterocycles. The minimum Gasteiger partial charge on any atom is -0.453 e. The molecule has 2 heterocycles. The van der Waals surface area contributed by atoms with Crippen molar-refractivity contribution in [2.24, 2.45) is 0 Å². The molecule has 0 N–H and O–H groups in total. The van der Waals surface area contributed by atoms with Crippen LogP contribution in [0.25, 0.3) is 11.3 Å². The lowest BCUT2D eigenvalue weighted by Gasteiger charge is -1.94. The van der Waals surface area contributed by atoms with Gasteiger partial charge >= 0.3 is 0 Å². The lowest BCUT2D eigenvalue weighted by atomic mass is 10.2. The molecule has 0 aromatic carbocycles. The summed E-state index contributed by atoms with van der Waals surface area (Å²) in [5, 5.41) is 0. The van der Waals surface area contributed by atoms with Crippen molar-refractivity contribution in [2.75, 3.05) is 0 Å². The predicted octanol–water partition coefficient (Wildman–Crippen LogP) is 2.54. The Morgan fingerprint density at radius 2 is 1.93 bits per heavy atom. The summed E-state index contributed by atoms with van der Waals surface area (Å²) in [5.41, 5.74) is 0.924. The van der Waals surface area contributed by atoms with Crippen LogP contribution in [0.15, 0.2) is 41.1 Å². The van der Waals surface area contributed by atoms with E-state index in [4.69, 9.17) is 4.42 Å². The molecule has 70 valence electrons. The molecular weight excluding hydrogens is 178 g/mol. The van der Waals surface area contributed by atoms with E-state index in [1.165, 1.54) is 6.92 Å². The van der Waals surface area contributed by atoms with E-state index in [0.717, 1.165) is 5.56 Å². The van der Waals surface area contributed by atoms with E-state index in [1.54, 1.807) is 24.5 Å². The number of rotatable bonds is 2. The van der Waals surface area contributed by atoms with Crippen molar-refractivity contribution in [1.82, 2.24) is 4.98 Å². The van der Waals surface area contributed by atoms with Gasteiger partial charge in [0.05, 0.1) is 0 Å². The van der Waals surface area contributed by atoms with Crippen LogP contribution in [0.4, 0.5) is 0 Å². The minimum atomic E-state index is -0.0645. The van der Waals surface area contributed by atoms with Gasteiger partial charge in [-0.1, -0.05) is 0 Å². The number of ketones is 1. The molecule has 0 spiro atoms. The molecule has 2 aromatic rings. The number of nitrogens with zero attached hydrogens (tertiary/aromatic N) is 1. The maximum absolute atomic E-state index is 11.0. The Hall–Kier alpha value is -1.90. The van der Waals surface area contributed by atoms with Gasteiger partial charge < -0.3 is 4.42 Å². The molecule has 0 fully saturated rings. The highest BCUT2D eigenvalue weighted by atomic mass is 16.3. The fraction of sp³-hybridized carbons (Fsp3) is 0.0909. The normalized spacial score (nSPS) is 10.1. The van der Waals surface area contributed by atoms with Gasteiger partial charge in [-0.3, -0.25) is 9.78 Å². The monoisotopic (exact) mass is 187 g/mol. The molecule has 0 atom stereocenters. The van der Waals surface area contributed by atoms with Gasteiger partial charge in [-0.2, -0.15) is 0 Å². The minimum absolute atomic E-state index is 0.0645. The third-order valence-corrected chi connectivity index (χ3v) is 1.92. The lowest BCUT2D eigenvalue weighted by Crippen LogP contribution is -1.86. The molecule has 0 amide bonds. The van der Waals surface area contributed by atoms with E-state index in [1.807, 2.05) is 12.1 Å². The first-order valence-electron chi connectivity index (χ1n) is 4.28. The summed E-state index contributed by atoms with van der Waals surface area (Å²) in [6.45, 7) is 1.48. The molecular formula is C11H9NO2. The fourth-order valence-electron chi connectivity index (χ4n) is 1.20. The smallest absolute Gasteiger partial charge is 0.194 e. The van der Waals surface area contributed by atoms with Gasteiger partial charge in [-0.25, -0.2) is 0 Å². The van der Waals surface area contributed by atoms with Crippen LogP contribution in [0.5, 0.6) is 0 Å². The van der Waals surface area contributed by atoms with E-state index in [2.05, 4.69) is 4.98 Å². The van der Waals surface area contributed by atoms with Crippen LogP contribution in [0.1, 0.15) is 17.5 Å². The van der Waals surface area contributed by atoms with Crippen LogP contribution in [-0.2, 0) is 0 Å². The Morgan fingerprint density at radius 1 is 1.21 bits per heavy atom. The topological polar surface area (TPSA) is 43.1 Å². The van der Waals surface area contributed by atoms with Crippen molar-refractivity contribution < 1.29 is 9.21 Å². The van der Waals surface area contributed by atoms with E-state index >= 15 is 0 Å². The number of hydrogen-bond donors (Lipinski definition) is 0. The summed E-state index contributed by atoms with van der Waals surface area (Å²) >= 11 is 0. The molecule has 0 unspecified atom stereocenters. The lowest BCUT2D eigenvalue weighted by molar-refractivity contribution is 0.0988. The molecule has 0 radical (unpaired) electrons. The number of carbonyl (C=O) groups is 1. The summed E-state index contributed by atoms with van der Waals surface area (Å²) in [7, 11) is 0. The number of furan rings is 1. The van der Waals surface area contributed by atoms with Crippen molar-refractivity contribution in [2.45, 2.75) is 6.92 Å².